The first-order valence-corrected chi connectivity index (χ1v) is 11.5. The van der Waals surface area contributed by atoms with E-state index in [0.29, 0.717) is 35.0 Å². The number of hydrogen-bond donors (Lipinski definition) is 0. The molecule has 0 atom stereocenters. The van der Waals surface area contributed by atoms with E-state index in [1.165, 1.54) is 4.90 Å². The number of aryl methyl sites for hydroxylation is 2. The van der Waals surface area contributed by atoms with Gasteiger partial charge in [-0.25, -0.2) is 4.90 Å². The standard InChI is InChI=1S/C29H30N2O3/c1-19(2)18-34-24-15-13-22(14-16-24)26-27(30(5)23-9-7-6-8-10-23)29(33)31(28(26)32)25-17-20(3)11-12-21(25)4/h6-17,19H,18H2,1-5H3. The van der Waals surface area contributed by atoms with Gasteiger partial charge < -0.3 is 9.64 Å². The van der Waals surface area contributed by atoms with Crippen LogP contribution in [0.2, 0.25) is 0 Å². The van der Waals surface area contributed by atoms with E-state index >= 15 is 0 Å². The zero-order valence-electron chi connectivity index (χ0n) is 20.3. The van der Waals surface area contributed by atoms with Crippen molar-refractivity contribution in [2.75, 3.05) is 23.5 Å². The number of anilines is 2. The van der Waals surface area contributed by atoms with Gasteiger partial charge in [0, 0.05) is 12.7 Å². The van der Waals surface area contributed by atoms with Crippen molar-refractivity contribution in [1.82, 2.24) is 0 Å². The highest BCUT2D eigenvalue weighted by atomic mass is 16.5. The summed E-state index contributed by atoms with van der Waals surface area (Å²) in [5, 5.41) is 0. The number of benzene rings is 3. The molecule has 174 valence electrons. The van der Waals surface area contributed by atoms with Crippen molar-refractivity contribution in [2.24, 2.45) is 5.92 Å². The molecule has 0 N–H and O–H groups in total. The summed E-state index contributed by atoms with van der Waals surface area (Å²) in [5.74, 6) is 0.486. The van der Waals surface area contributed by atoms with Crippen LogP contribution in [0.4, 0.5) is 11.4 Å². The first-order valence-electron chi connectivity index (χ1n) is 11.5. The van der Waals surface area contributed by atoms with Gasteiger partial charge in [-0.3, -0.25) is 9.59 Å². The maximum Gasteiger partial charge on any atom is 0.282 e. The van der Waals surface area contributed by atoms with Gasteiger partial charge in [0.25, 0.3) is 11.8 Å². The van der Waals surface area contributed by atoms with Crippen LogP contribution in [-0.4, -0.2) is 25.5 Å². The molecule has 0 saturated carbocycles. The minimum atomic E-state index is -0.333. The maximum atomic E-state index is 13.8. The summed E-state index contributed by atoms with van der Waals surface area (Å²) in [5.41, 5.74) is 4.71. The molecule has 5 heteroatoms. The summed E-state index contributed by atoms with van der Waals surface area (Å²) in [6, 6.07) is 22.8. The second-order valence-electron chi connectivity index (χ2n) is 9.08. The zero-order chi connectivity index (χ0) is 24.4. The molecule has 1 aliphatic rings. The number of carbonyl (C=O) groups excluding carboxylic acids is 2. The molecule has 0 spiro atoms. The summed E-state index contributed by atoms with van der Waals surface area (Å²) in [6.07, 6.45) is 0. The fourth-order valence-corrected chi connectivity index (χ4v) is 4.03. The van der Waals surface area contributed by atoms with Crippen molar-refractivity contribution in [1.29, 1.82) is 0 Å². The minimum absolute atomic E-state index is 0.327. The molecule has 0 aliphatic carbocycles. The number of rotatable bonds is 7. The molecule has 0 unspecified atom stereocenters. The Kier molecular flexibility index (Phi) is 6.55. The van der Waals surface area contributed by atoms with Crippen LogP contribution in [0.1, 0.15) is 30.5 Å². The third-order valence-electron chi connectivity index (χ3n) is 5.87. The number of imide groups is 1. The Balaban J connectivity index is 1.81. The first-order chi connectivity index (χ1) is 16.3. The van der Waals surface area contributed by atoms with Gasteiger partial charge in [0.05, 0.1) is 17.9 Å². The van der Waals surface area contributed by atoms with Crippen molar-refractivity contribution in [2.45, 2.75) is 27.7 Å². The first kappa shape index (κ1) is 23.3. The van der Waals surface area contributed by atoms with Gasteiger partial charge in [-0.2, -0.15) is 0 Å². The number of amides is 2. The Labute approximate surface area is 201 Å². The molecule has 0 fully saturated rings. The van der Waals surface area contributed by atoms with Crippen LogP contribution >= 0.6 is 0 Å². The molecule has 3 aromatic rings. The van der Waals surface area contributed by atoms with Gasteiger partial charge in [-0.1, -0.05) is 56.3 Å². The fourth-order valence-electron chi connectivity index (χ4n) is 4.03. The van der Waals surface area contributed by atoms with Crippen molar-refractivity contribution in [3.05, 3.63) is 95.2 Å². The van der Waals surface area contributed by atoms with E-state index in [1.807, 2.05) is 93.7 Å². The Morgan fingerprint density at radius 2 is 1.56 bits per heavy atom. The SMILES string of the molecule is Cc1ccc(C)c(N2C(=O)C(c3ccc(OCC(C)C)cc3)=C(N(C)c3ccccc3)C2=O)c1. The number of carbonyl (C=O) groups is 2. The van der Waals surface area contributed by atoms with Crippen molar-refractivity contribution < 1.29 is 14.3 Å². The second kappa shape index (κ2) is 9.56. The largest absolute Gasteiger partial charge is 0.493 e. The highest BCUT2D eigenvalue weighted by molar-refractivity contribution is 6.46. The molecule has 0 radical (unpaired) electrons. The molecule has 2 amide bonds. The van der Waals surface area contributed by atoms with E-state index < -0.39 is 0 Å². The van der Waals surface area contributed by atoms with E-state index in [9.17, 15) is 9.59 Å². The van der Waals surface area contributed by atoms with Crippen LogP contribution in [0.3, 0.4) is 0 Å². The lowest BCUT2D eigenvalue weighted by molar-refractivity contribution is -0.120. The highest BCUT2D eigenvalue weighted by Gasteiger charge is 2.42. The third kappa shape index (κ3) is 4.46. The molecule has 0 bridgehead atoms. The average molecular weight is 455 g/mol. The lowest BCUT2D eigenvalue weighted by Gasteiger charge is -2.22. The number of likely N-dealkylation sites (N-methyl/N-ethyl adjacent to an activating group) is 1. The van der Waals surface area contributed by atoms with E-state index in [2.05, 4.69) is 13.8 Å². The molecule has 4 rings (SSSR count). The van der Waals surface area contributed by atoms with Crippen molar-refractivity contribution in [3.8, 4) is 5.75 Å². The Morgan fingerprint density at radius 3 is 2.21 bits per heavy atom. The molecule has 0 aromatic heterocycles. The zero-order valence-corrected chi connectivity index (χ0v) is 20.3. The van der Waals surface area contributed by atoms with Crippen LogP contribution in [0.15, 0.2) is 78.5 Å². The van der Waals surface area contributed by atoms with Crippen molar-refractivity contribution >= 4 is 28.8 Å². The van der Waals surface area contributed by atoms with E-state index in [0.717, 1.165) is 22.6 Å². The number of ether oxygens (including phenoxy) is 1. The lowest BCUT2D eigenvalue weighted by atomic mass is 10.0. The molecule has 3 aromatic carbocycles. The number of hydrogen-bond acceptors (Lipinski definition) is 4. The summed E-state index contributed by atoms with van der Waals surface area (Å²) in [4.78, 5) is 30.7. The quantitative estimate of drug-likeness (QED) is 0.426. The van der Waals surface area contributed by atoms with E-state index in [4.69, 9.17) is 4.74 Å². The normalized spacial score (nSPS) is 13.8. The van der Waals surface area contributed by atoms with Crippen LogP contribution in [-0.2, 0) is 9.59 Å². The molecule has 5 nitrogen and oxygen atoms in total. The maximum absolute atomic E-state index is 13.8. The predicted molar refractivity (Wildman–Crippen MR) is 137 cm³/mol. The Hall–Kier alpha value is -3.86. The van der Waals surface area contributed by atoms with Gasteiger partial charge in [0.15, 0.2) is 0 Å². The molecular weight excluding hydrogens is 424 g/mol. The van der Waals surface area contributed by atoms with Crippen LogP contribution in [0.25, 0.3) is 5.57 Å². The smallest absolute Gasteiger partial charge is 0.282 e. The Bertz CT molecular complexity index is 1240. The van der Waals surface area contributed by atoms with Crippen LogP contribution < -0.4 is 14.5 Å². The van der Waals surface area contributed by atoms with Crippen LogP contribution in [0, 0.1) is 19.8 Å². The van der Waals surface area contributed by atoms with Crippen LogP contribution in [0.5, 0.6) is 5.75 Å². The molecular formula is C29H30N2O3. The molecule has 1 aliphatic heterocycles. The molecule has 1 heterocycles. The monoisotopic (exact) mass is 454 g/mol. The molecule has 34 heavy (non-hydrogen) atoms. The summed E-state index contributed by atoms with van der Waals surface area (Å²) >= 11 is 0. The minimum Gasteiger partial charge on any atom is -0.493 e. The third-order valence-corrected chi connectivity index (χ3v) is 5.87. The van der Waals surface area contributed by atoms with E-state index in [-0.39, 0.29) is 11.8 Å². The van der Waals surface area contributed by atoms with Gasteiger partial charge >= 0.3 is 0 Å². The van der Waals surface area contributed by atoms with Gasteiger partial charge in [0.1, 0.15) is 11.4 Å². The predicted octanol–water partition coefficient (Wildman–Crippen LogP) is 5.76. The number of nitrogens with zero attached hydrogens (tertiary/aromatic N) is 2. The van der Waals surface area contributed by atoms with Crippen molar-refractivity contribution in [3.63, 3.8) is 0 Å². The van der Waals surface area contributed by atoms with Gasteiger partial charge in [0.2, 0.25) is 0 Å². The van der Waals surface area contributed by atoms with E-state index in [1.54, 1.807) is 4.90 Å². The molecule has 0 saturated heterocycles. The topological polar surface area (TPSA) is 49.9 Å². The number of para-hydroxylation sites is 1. The summed E-state index contributed by atoms with van der Waals surface area (Å²) < 4.78 is 5.81. The van der Waals surface area contributed by atoms with Gasteiger partial charge in [-0.05, 0) is 66.8 Å². The van der Waals surface area contributed by atoms with Gasteiger partial charge in [-0.15, -0.1) is 0 Å². The summed E-state index contributed by atoms with van der Waals surface area (Å²) in [7, 11) is 1.82. The fraction of sp³-hybridized carbons (Fsp3) is 0.241. The average Bonchev–Trinajstić information content (AvgIpc) is 3.09. The second-order valence-corrected chi connectivity index (χ2v) is 9.08. The Morgan fingerprint density at radius 1 is 0.882 bits per heavy atom. The lowest BCUT2D eigenvalue weighted by Crippen LogP contribution is -2.34. The summed E-state index contributed by atoms with van der Waals surface area (Å²) in [6.45, 7) is 8.66. The highest BCUT2D eigenvalue weighted by Crippen LogP contribution is 2.37.